The fourth-order valence-corrected chi connectivity index (χ4v) is 0.826. The molecule has 0 saturated heterocycles. The fraction of sp³-hybridized carbons (Fsp3) is 1.00. The van der Waals surface area contributed by atoms with Crippen molar-refractivity contribution >= 4 is 0 Å². The average Bonchev–Trinajstić information content (AvgIpc) is 1.82. The standard InChI is InChI=1S/C9H19F/c1-7(2)8(3)5-6-9(4)10/h7-9H,5-6H2,1-4H3. The summed E-state index contributed by atoms with van der Waals surface area (Å²) in [6, 6.07) is 0. The van der Waals surface area contributed by atoms with Gasteiger partial charge in [0.15, 0.2) is 0 Å². The quantitative estimate of drug-likeness (QED) is 0.570. The summed E-state index contributed by atoms with van der Waals surface area (Å²) in [6.45, 7) is 8.20. The lowest BCUT2D eigenvalue weighted by Gasteiger charge is -2.14. The van der Waals surface area contributed by atoms with Crippen molar-refractivity contribution in [2.24, 2.45) is 11.8 Å². The van der Waals surface area contributed by atoms with Gasteiger partial charge in [0, 0.05) is 0 Å². The minimum absolute atomic E-state index is 0.624. The molecule has 2 atom stereocenters. The zero-order chi connectivity index (χ0) is 8.15. The van der Waals surface area contributed by atoms with Gasteiger partial charge in [-0.25, -0.2) is 4.39 Å². The largest absolute Gasteiger partial charge is 0.248 e. The van der Waals surface area contributed by atoms with Gasteiger partial charge in [-0.05, 0) is 31.6 Å². The molecular weight excluding hydrogens is 127 g/mol. The van der Waals surface area contributed by atoms with E-state index < -0.39 is 6.17 Å². The topological polar surface area (TPSA) is 0 Å². The van der Waals surface area contributed by atoms with Gasteiger partial charge in [0.05, 0.1) is 6.17 Å². The van der Waals surface area contributed by atoms with E-state index in [0.29, 0.717) is 11.8 Å². The van der Waals surface area contributed by atoms with Crippen LogP contribution in [-0.4, -0.2) is 6.17 Å². The number of hydrogen-bond acceptors (Lipinski definition) is 0. The molecule has 0 heterocycles. The van der Waals surface area contributed by atoms with E-state index >= 15 is 0 Å². The van der Waals surface area contributed by atoms with E-state index in [9.17, 15) is 4.39 Å². The molecule has 0 amide bonds. The zero-order valence-electron chi connectivity index (χ0n) is 7.52. The number of alkyl halides is 1. The van der Waals surface area contributed by atoms with E-state index in [-0.39, 0.29) is 0 Å². The maximum absolute atomic E-state index is 12.3. The van der Waals surface area contributed by atoms with Crippen molar-refractivity contribution in [3.63, 3.8) is 0 Å². The molecule has 0 N–H and O–H groups in total. The molecule has 0 spiro atoms. The van der Waals surface area contributed by atoms with Crippen molar-refractivity contribution in [2.75, 3.05) is 0 Å². The van der Waals surface area contributed by atoms with Crippen molar-refractivity contribution in [1.29, 1.82) is 0 Å². The molecule has 62 valence electrons. The molecule has 0 aliphatic rings. The summed E-state index contributed by atoms with van der Waals surface area (Å²) in [6.07, 6.45) is 1.12. The van der Waals surface area contributed by atoms with Crippen molar-refractivity contribution in [2.45, 2.75) is 46.7 Å². The van der Waals surface area contributed by atoms with Gasteiger partial charge >= 0.3 is 0 Å². The van der Waals surface area contributed by atoms with Gasteiger partial charge in [-0.2, -0.15) is 0 Å². The van der Waals surface area contributed by atoms with Gasteiger partial charge in [0.1, 0.15) is 0 Å². The molecule has 0 aliphatic carbocycles. The van der Waals surface area contributed by atoms with Gasteiger partial charge in [-0.3, -0.25) is 0 Å². The van der Waals surface area contributed by atoms with Crippen LogP contribution in [-0.2, 0) is 0 Å². The Morgan fingerprint density at radius 3 is 1.80 bits per heavy atom. The van der Waals surface area contributed by atoms with Crippen molar-refractivity contribution in [1.82, 2.24) is 0 Å². The van der Waals surface area contributed by atoms with Gasteiger partial charge in [-0.15, -0.1) is 0 Å². The first-order valence-corrected chi connectivity index (χ1v) is 4.18. The third kappa shape index (κ3) is 4.78. The molecule has 0 aliphatic heterocycles. The van der Waals surface area contributed by atoms with E-state index in [4.69, 9.17) is 0 Å². The Hall–Kier alpha value is -0.0700. The average molecular weight is 146 g/mol. The highest BCUT2D eigenvalue weighted by molar-refractivity contribution is 4.59. The molecule has 0 saturated carbocycles. The summed E-state index contributed by atoms with van der Waals surface area (Å²) in [7, 11) is 0. The van der Waals surface area contributed by atoms with Crippen LogP contribution in [0.5, 0.6) is 0 Å². The normalized spacial score (nSPS) is 17.4. The highest BCUT2D eigenvalue weighted by atomic mass is 19.1. The second kappa shape index (κ2) is 4.70. The first kappa shape index (κ1) is 9.93. The fourth-order valence-electron chi connectivity index (χ4n) is 0.826. The summed E-state index contributed by atoms with van der Waals surface area (Å²) in [5.74, 6) is 1.36. The SMILES string of the molecule is CC(F)CCC(C)C(C)C. The number of rotatable bonds is 4. The van der Waals surface area contributed by atoms with Gasteiger partial charge in [-0.1, -0.05) is 20.8 Å². The van der Waals surface area contributed by atoms with E-state index in [1.807, 2.05) is 0 Å². The van der Waals surface area contributed by atoms with Crippen LogP contribution in [0, 0.1) is 11.8 Å². The molecule has 0 aromatic rings. The van der Waals surface area contributed by atoms with E-state index in [1.165, 1.54) is 0 Å². The van der Waals surface area contributed by atoms with Gasteiger partial charge < -0.3 is 0 Å². The first-order valence-electron chi connectivity index (χ1n) is 4.18. The van der Waals surface area contributed by atoms with E-state index in [2.05, 4.69) is 20.8 Å². The lowest BCUT2D eigenvalue weighted by Crippen LogP contribution is -2.06. The highest BCUT2D eigenvalue weighted by Crippen LogP contribution is 2.17. The van der Waals surface area contributed by atoms with Crippen molar-refractivity contribution in [3.8, 4) is 0 Å². The van der Waals surface area contributed by atoms with Crippen LogP contribution in [0.25, 0.3) is 0 Å². The van der Waals surface area contributed by atoms with Crippen molar-refractivity contribution < 1.29 is 4.39 Å². The molecule has 10 heavy (non-hydrogen) atoms. The van der Waals surface area contributed by atoms with Crippen LogP contribution in [0.15, 0.2) is 0 Å². The van der Waals surface area contributed by atoms with Crippen molar-refractivity contribution in [3.05, 3.63) is 0 Å². The summed E-state index contributed by atoms with van der Waals surface area (Å²) in [4.78, 5) is 0. The number of halogens is 1. The number of hydrogen-bond donors (Lipinski definition) is 0. The lowest BCUT2D eigenvalue weighted by atomic mass is 9.92. The molecule has 0 fully saturated rings. The Morgan fingerprint density at radius 1 is 1.00 bits per heavy atom. The predicted molar refractivity (Wildman–Crippen MR) is 43.8 cm³/mol. The Balaban J connectivity index is 3.30. The Labute approximate surface area is 63.8 Å². The van der Waals surface area contributed by atoms with E-state index in [0.717, 1.165) is 12.8 Å². The summed E-state index contributed by atoms with van der Waals surface area (Å²) < 4.78 is 12.3. The maximum atomic E-state index is 12.3. The van der Waals surface area contributed by atoms with Gasteiger partial charge in [0.2, 0.25) is 0 Å². The molecule has 1 heteroatoms. The summed E-state index contributed by atoms with van der Waals surface area (Å²) in [5.41, 5.74) is 0. The minimum Gasteiger partial charge on any atom is -0.248 e. The second-order valence-electron chi connectivity index (χ2n) is 3.58. The third-order valence-electron chi connectivity index (χ3n) is 2.16. The predicted octanol–water partition coefficient (Wildman–Crippen LogP) is 3.42. The molecule has 0 bridgehead atoms. The lowest BCUT2D eigenvalue weighted by molar-refractivity contribution is 0.289. The monoisotopic (exact) mass is 146 g/mol. The second-order valence-corrected chi connectivity index (χ2v) is 3.58. The minimum atomic E-state index is -0.624. The molecule has 0 nitrogen and oxygen atoms in total. The highest BCUT2D eigenvalue weighted by Gasteiger charge is 2.08. The molecule has 0 aromatic carbocycles. The van der Waals surface area contributed by atoms with Crippen LogP contribution >= 0.6 is 0 Å². The van der Waals surface area contributed by atoms with Crippen LogP contribution < -0.4 is 0 Å². The van der Waals surface area contributed by atoms with Crippen LogP contribution in [0.1, 0.15) is 40.5 Å². The molecule has 0 aromatic heterocycles. The summed E-state index contributed by atoms with van der Waals surface area (Å²) >= 11 is 0. The first-order chi connectivity index (χ1) is 4.54. The zero-order valence-corrected chi connectivity index (χ0v) is 7.52. The third-order valence-corrected chi connectivity index (χ3v) is 2.16. The molecular formula is C9H19F. The molecule has 0 rings (SSSR count). The molecule has 2 unspecified atom stereocenters. The summed E-state index contributed by atoms with van der Waals surface area (Å²) in [5, 5.41) is 0. The van der Waals surface area contributed by atoms with Gasteiger partial charge in [0.25, 0.3) is 0 Å². The molecule has 0 radical (unpaired) electrons. The van der Waals surface area contributed by atoms with Crippen LogP contribution in [0.2, 0.25) is 0 Å². The Morgan fingerprint density at radius 2 is 1.50 bits per heavy atom. The Bertz CT molecular complexity index is 76.8. The maximum Gasteiger partial charge on any atom is 0.0973 e. The van der Waals surface area contributed by atoms with Crippen LogP contribution in [0.3, 0.4) is 0 Å². The van der Waals surface area contributed by atoms with E-state index in [1.54, 1.807) is 6.92 Å². The Kier molecular flexibility index (Phi) is 4.67. The van der Waals surface area contributed by atoms with Crippen LogP contribution in [0.4, 0.5) is 4.39 Å². The smallest absolute Gasteiger partial charge is 0.0973 e.